The number of nitrogens with one attached hydrogen (secondary N) is 2. The highest BCUT2D eigenvalue weighted by Gasteiger charge is 2.04. The number of hydrogen-bond donors (Lipinski definition) is 2. The van der Waals surface area contributed by atoms with Gasteiger partial charge in [-0.1, -0.05) is 43.3 Å². The van der Waals surface area contributed by atoms with Gasteiger partial charge in [0.15, 0.2) is 0 Å². The van der Waals surface area contributed by atoms with Gasteiger partial charge in [-0.2, -0.15) is 4.98 Å². The summed E-state index contributed by atoms with van der Waals surface area (Å²) in [5.41, 5.74) is 5.78. The third-order valence-electron chi connectivity index (χ3n) is 4.19. The molecule has 4 nitrogen and oxygen atoms in total. The molecule has 0 unspecified atom stereocenters. The average molecular weight is 332 g/mol. The number of nitrogens with zero attached hydrogens (tertiary/aromatic N) is 2. The van der Waals surface area contributed by atoms with Crippen molar-refractivity contribution in [2.45, 2.75) is 33.7 Å². The van der Waals surface area contributed by atoms with Crippen LogP contribution in [-0.2, 0) is 13.0 Å². The minimum absolute atomic E-state index is 0.608. The number of aromatic nitrogens is 2. The SMILES string of the molecule is CCc1ccc(Nc2nc(C)cc(NCc3ccccc3C)n2)cc1. The Labute approximate surface area is 149 Å². The van der Waals surface area contributed by atoms with E-state index < -0.39 is 0 Å². The first-order valence-corrected chi connectivity index (χ1v) is 8.64. The predicted octanol–water partition coefficient (Wildman–Crippen LogP) is 5.01. The summed E-state index contributed by atoms with van der Waals surface area (Å²) in [6.07, 6.45) is 1.04. The normalized spacial score (nSPS) is 10.5. The van der Waals surface area contributed by atoms with Gasteiger partial charge in [-0.3, -0.25) is 0 Å². The smallest absolute Gasteiger partial charge is 0.229 e. The molecule has 0 aliphatic rings. The van der Waals surface area contributed by atoms with Crippen LogP contribution in [-0.4, -0.2) is 9.97 Å². The molecule has 0 amide bonds. The van der Waals surface area contributed by atoms with Crippen LogP contribution in [0.1, 0.15) is 29.3 Å². The Kier molecular flexibility index (Phi) is 5.29. The van der Waals surface area contributed by atoms with Gasteiger partial charge in [0.2, 0.25) is 5.95 Å². The number of rotatable bonds is 6. The van der Waals surface area contributed by atoms with Crippen LogP contribution in [0.4, 0.5) is 17.5 Å². The van der Waals surface area contributed by atoms with E-state index in [2.05, 4.69) is 83.0 Å². The molecule has 1 aromatic heterocycles. The molecule has 3 aromatic rings. The number of anilines is 3. The standard InChI is InChI=1S/C21H24N4/c1-4-17-9-11-19(12-10-17)24-21-23-16(3)13-20(25-21)22-14-18-8-6-5-7-15(18)2/h5-13H,4,14H2,1-3H3,(H2,22,23,24,25). The van der Waals surface area contributed by atoms with E-state index in [1.54, 1.807) is 0 Å². The zero-order valence-corrected chi connectivity index (χ0v) is 15.0. The molecule has 0 bridgehead atoms. The van der Waals surface area contributed by atoms with Crippen molar-refractivity contribution in [3.63, 3.8) is 0 Å². The molecule has 128 valence electrons. The van der Waals surface area contributed by atoms with E-state index in [9.17, 15) is 0 Å². The third kappa shape index (κ3) is 4.57. The van der Waals surface area contributed by atoms with Crippen molar-refractivity contribution in [3.05, 3.63) is 77.0 Å². The van der Waals surface area contributed by atoms with Crippen LogP contribution in [0.3, 0.4) is 0 Å². The molecule has 2 aromatic carbocycles. The van der Waals surface area contributed by atoms with Gasteiger partial charge in [0.05, 0.1) is 0 Å². The van der Waals surface area contributed by atoms with Crippen LogP contribution in [0.15, 0.2) is 54.6 Å². The van der Waals surface area contributed by atoms with E-state index in [-0.39, 0.29) is 0 Å². The molecule has 2 N–H and O–H groups in total. The highest BCUT2D eigenvalue weighted by Crippen LogP contribution is 2.17. The molecule has 0 aliphatic heterocycles. The van der Waals surface area contributed by atoms with Crippen LogP contribution < -0.4 is 10.6 Å². The predicted molar refractivity (Wildman–Crippen MR) is 104 cm³/mol. The van der Waals surface area contributed by atoms with Crippen molar-refractivity contribution in [1.82, 2.24) is 9.97 Å². The largest absolute Gasteiger partial charge is 0.366 e. The van der Waals surface area contributed by atoms with Crippen molar-refractivity contribution in [2.75, 3.05) is 10.6 Å². The monoisotopic (exact) mass is 332 g/mol. The molecule has 0 spiro atoms. The molecule has 1 heterocycles. The second-order valence-electron chi connectivity index (χ2n) is 6.17. The lowest BCUT2D eigenvalue weighted by molar-refractivity contribution is 1.05. The zero-order chi connectivity index (χ0) is 17.6. The second-order valence-corrected chi connectivity index (χ2v) is 6.17. The van der Waals surface area contributed by atoms with Gasteiger partial charge in [0.1, 0.15) is 5.82 Å². The Hall–Kier alpha value is -2.88. The van der Waals surface area contributed by atoms with Crippen LogP contribution in [0, 0.1) is 13.8 Å². The van der Waals surface area contributed by atoms with E-state index in [4.69, 9.17) is 0 Å². The molecular weight excluding hydrogens is 308 g/mol. The van der Waals surface area contributed by atoms with Crippen LogP contribution in [0.5, 0.6) is 0 Å². The molecule has 0 aliphatic carbocycles. The fourth-order valence-electron chi connectivity index (χ4n) is 2.66. The highest BCUT2D eigenvalue weighted by atomic mass is 15.1. The van der Waals surface area contributed by atoms with Gasteiger partial charge < -0.3 is 10.6 Å². The number of benzene rings is 2. The Morgan fingerprint density at radius 2 is 1.68 bits per heavy atom. The Bertz CT molecular complexity index is 841. The molecule has 3 rings (SSSR count). The Morgan fingerprint density at radius 1 is 0.920 bits per heavy atom. The lowest BCUT2D eigenvalue weighted by Crippen LogP contribution is -2.06. The molecule has 0 radical (unpaired) electrons. The summed E-state index contributed by atoms with van der Waals surface area (Å²) in [5.74, 6) is 1.43. The number of hydrogen-bond acceptors (Lipinski definition) is 4. The lowest BCUT2D eigenvalue weighted by atomic mass is 10.1. The third-order valence-corrected chi connectivity index (χ3v) is 4.19. The molecule has 25 heavy (non-hydrogen) atoms. The summed E-state index contributed by atoms with van der Waals surface area (Å²) in [4.78, 5) is 9.06. The van der Waals surface area contributed by atoms with E-state index in [1.165, 1.54) is 16.7 Å². The lowest BCUT2D eigenvalue weighted by Gasteiger charge is -2.11. The molecule has 0 saturated heterocycles. The molecule has 4 heteroatoms. The van der Waals surface area contributed by atoms with Crippen LogP contribution in [0.2, 0.25) is 0 Å². The maximum atomic E-state index is 4.58. The molecule has 0 atom stereocenters. The van der Waals surface area contributed by atoms with Crippen molar-refractivity contribution in [2.24, 2.45) is 0 Å². The summed E-state index contributed by atoms with van der Waals surface area (Å²) >= 11 is 0. The second kappa shape index (κ2) is 7.79. The van der Waals surface area contributed by atoms with E-state index in [1.807, 2.05) is 13.0 Å². The van der Waals surface area contributed by atoms with Crippen molar-refractivity contribution in [3.8, 4) is 0 Å². The molecule has 0 fully saturated rings. The summed E-state index contributed by atoms with van der Waals surface area (Å²) < 4.78 is 0. The minimum atomic E-state index is 0.608. The Balaban J connectivity index is 1.72. The van der Waals surface area contributed by atoms with Crippen molar-refractivity contribution < 1.29 is 0 Å². The topological polar surface area (TPSA) is 49.8 Å². The fraction of sp³-hybridized carbons (Fsp3) is 0.238. The summed E-state index contributed by atoms with van der Waals surface area (Å²) in [7, 11) is 0. The van der Waals surface area contributed by atoms with Crippen molar-refractivity contribution >= 4 is 17.5 Å². The first kappa shape index (κ1) is 17.0. The van der Waals surface area contributed by atoms with Crippen molar-refractivity contribution in [1.29, 1.82) is 0 Å². The average Bonchev–Trinajstić information content (AvgIpc) is 2.61. The van der Waals surface area contributed by atoms with Gasteiger partial charge in [-0.15, -0.1) is 0 Å². The van der Waals surface area contributed by atoms with Gasteiger partial charge in [0.25, 0.3) is 0 Å². The first-order chi connectivity index (χ1) is 12.1. The first-order valence-electron chi connectivity index (χ1n) is 8.64. The van der Waals surface area contributed by atoms with Gasteiger partial charge >= 0.3 is 0 Å². The summed E-state index contributed by atoms with van der Waals surface area (Å²) in [6, 6.07) is 18.7. The molecular formula is C21H24N4. The van der Waals surface area contributed by atoms with E-state index in [0.717, 1.165) is 30.2 Å². The zero-order valence-electron chi connectivity index (χ0n) is 15.0. The van der Waals surface area contributed by atoms with Crippen LogP contribution in [0.25, 0.3) is 0 Å². The van der Waals surface area contributed by atoms with Gasteiger partial charge in [0, 0.05) is 24.0 Å². The maximum absolute atomic E-state index is 4.58. The van der Waals surface area contributed by atoms with Gasteiger partial charge in [-0.05, 0) is 49.1 Å². The maximum Gasteiger partial charge on any atom is 0.229 e. The van der Waals surface area contributed by atoms with Gasteiger partial charge in [-0.25, -0.2) is 4.98 Å². The molecule has 0 saturated carbocycles. The Morgan fingerprint density at radius 3 is 2.40 bits per heavy atom. The summed E-state index contributed by atoms with van der Waals surface area (Å²) in [5, 5.41) is 6.68. The highest BCUT2D eigenvalue weighted by molar-refractivity contribution is 5.55. The minimum Gasteiger partial charge on any atom is -0.366 e. The van der Waals surface area contributed by atoms with Crippen LogP contribution >= 0.6 is 0 Å². The summed E-state index contributed by atoms with van der Waals surface area (Å²) in [6.45, 7) is 6.99. The fourth-order valence-corrected chi connectivity index (χ4v) is 2.66. The van der Waals surface area contributed by atoms with E-state index >= 15 is 0 Å². The van der Waals surface area contributed by atoms with E-state index in [0.29, 0.717) is 5.95 Å². The number of aryl methyl sites for hydroxylation is 3. The quantitative estimate of drug-likeness (QED) is 0.666.